The van der Waals surface area contributed by atoms with E-state index >= 15 is 0 Å². The Bertz CT molecular complexity index is 2430. The summed E-state index contributed by atoms with van der Waals surface area (Å²) in [5.41, 5.74) is 3.35. The fraction of sp³-hybridized carbons (Fsp3) is 0.509. The number of hydrogen-bond acceptors (Lipinski definition) is 18. The van der Waals surface area contributed by atoms with Crippen LogP contribution in [0.3, 0.4) is 0 Å². The molecule has 0 amide bonds. The van der Waals surface area contributed by atoms with Crippen molar-refractivity contribution >= 4 is 75.9 Å². The molecule has 0 saturated carbocycles. The molecule has 0 radical (unpaired) electrons. The molecule has 0 aliphatic carbocycles. The van der Waals surface area contributed by atoms with Gasteiger partial charge in [0.15, 0.2) is 45.0 Å². The van der Waals surface area contributed by atoms with Gasteiger partial charge in [-0.3, -0.25) is 14.4 Å². The summed E-state index contributed by atoms with van der Waals surface area (Å²) < 4.78 is 73.6. The van der Waals surface area contributed by atoms with Crippen LogP contribution in [0.5, 0.6) is 23.0 Å². The van der Waals surface area contributed by atoms with E-state index in [-0.39, 0.29) is 51.9 Å². The van der Waals surface area contributed by atoms with Gasteiger partial charge in [-0.15, -0.1) is 0 Å². The molecule has 6 aliphatic heterocycles. The molecular formula is C55H70B2Br2O18. The van der Waals surface area contributed by atoms with E-state index in [4.69, 9.17) is 71.5 Å². The van der Waals surface area contributed by atoms with Gasteiger partial charge in [-0.25, -0.2) is 0 Å². The second kappa shape index (κ2) is 32.1. The molecular weight excluding hydrogens is 1130 g/mol. The predicted molar refractivity (Wildman–Crippen MR) is 293 cm³/mol. The van der Waals surface area contributed by atoms with Gasteiger partial charge in [-0.1, -0.05) is 48.5 Å². The summed E-state index contributed by atoms with van der Waals surface area (Å²) in [4.78, 5) is 32.6. The summed E-state index contributed by atoms with van der Waals surface area (Å²) in [5.74, 6) is 2.11. The molecule has 77 heavy (non-hydrogen) atoms. The lowest BCUT2D eigenvalue weighted by molar-refractivity contribution is -0.191. The first-order valence-electron chi connectivity index (χ1n) is 25.9. The van der Waals surface area contributed by atoms with Crippen LogP contribution in [0.4, 0.5) is 0 Å². The average molecular weight is 1200 g/mol. The quantitative estimate of drug-likeness (QED) is 0.0648. The zero-order valence-corrected chi connectivity index (χ0v) is 47.3. The highest BCUT2D eigenvalue weighted by Crippen LogP contribution is 2.38. The van der Waals surface area contributed by atoms with E-state index in [0.717, 1.165) is 88.4 Å². The summed E-state index contributed by atoms with van der Waals surface area (Å²) >= 11 is 6.38. The first-order chi connectivity index (χ1) is 37.3. The lowest BCUT2D eigenvalue weighted by Crippen LogP contribution is -2.41. The Morgan fingerprint density at radius 3 is 1.65 bits per heavy atom. The van der Waals surface area contributed by atoms with E-state index in [9.17, 15) is 14.4 Å². The van der Waals surface area contributed by atoms with Crippen LogP contribution in [0.1, 0.15) is 122 Å². The van der Waals surface area contributed by atoms with Crippen molar-refractivity contribution in [1.29, 1.82) is 0 Å². The third-order valence-electron chi connectivity index (χ3n) is 13.1. The normalized spacial score (nSPS) is 20.7. The van der Waals surface area contributed by atoms with Gasteiger partial charge in [0.05, 0.1) is 46.6 Å². The zero-order valence-electron chi connectivity index (χ0n) is 44.2. The highest BCUT2D eigenvalue weighted by molar-refractivity contribution is 9.11. The second-order valence-corrected chi connectivity index (χ2v) is 20.7. The minimum absolute atomic E-state index is 0.0412. The van der Waals surface area contributed by atoms with Crippen molar-refractivity contribution in [2.75, 3.05) is 59.8 Å². The average Bonchev–Trinajstić information content (AvgIpc) is 3.90. The Labute approximate surface area is 468 Å². The lowest BCUT2D eigenvalue weighted by Gasteiger charge is -2.32. The van der Waals surface area contributed by atoms with E-state index in [1.807, 2.05) is 39.8 Å². The van der Waals surface area contributed by atoms with E-state index in [0.29, 0.717) is 81.9 Å². The summed E-state index contributed by atoms with van der Waals surface area (Å²) in [6.45, 7) is 12.6. The maximum absolute atomic E-state index is 11.6. The highest BCUT2D eigenvalue weighted by Gasteiger charge is 2.53. The Hall–Kier alpha value is -4.26. The molecule has 3 unspecified atom stereocenters. The first kappa shape index (κ1) is 61.9. The zero-order chi connectivity index (χ0) is 55.0. The molecule has 4 saturated heterocycles. The minimum atomic E-state index is -0.678. The van der Waals surface area contributed by atoms with Gasteiger partial charge < -0.3 is 71.5 Å². The number of carbonyl (C=O) groups is 3. The van der Waals surface area contributed by atoms with Crippen LogP contribution in [0, 0.1) is 0 Å². The summed E-state index contributed by atoms with van der Waals surface area (Å²) in [6, 6.07) is 21.3. The molecule has 0 aromatic heterocycles. The molecule has 18 nitrogen and oxygen atoms in total. The molecule has 10 rings (SSSR count). The monoisotopic (exact) mass is 1200 g/mol. The SMILES string of the molecule is CC1(C)OB(c2c(C=O)cccc2OCOC2CCCCO2)OC1(C)C.O=Cc1cccc(O)c1Br.O=Cc1cccc(OCOC2CCCCO2)c1Br.OCCOC1CCCCO1.c1cc2c3c(c1)OCCOB3OC2. The lowest BCUT2D eigenvalue weighted by atomic mass is 9.75. The molecule has 4 aromatic rings. The van der Waals surface area contributed by atoms with Crippen LogP contribution < -0.4 is 25.1 Å². The molecule has 0 bridgehead atoms. The molecule has 3 atom stereocenters. The number of ether oxygens (including phenoxy) is 9. The van der Waals surface area contributed by atoms with Gasteiger partial charge in [0.25, 0.3) is 0 Å². The van der Waals surface area contributed by atoms with Gasteiger partial charge in [0, 0.05) is 47.4 Å². The van der Waals surface area contributed by atoms with Gasteiger partial charge in [-0.2, -0.15) is 0 Å². The van der Waals surface area contributed by atoms with E-state index < -0.39 is 18.3 Å². The largest absolute Gasteiger partial charge is 0.507 e. The Morgan fingerprint density at radius 2 is 1.10 bits per heavy atom. The van der Waals surface area contributed by atoms with E-state index in [1.165, 1.54) is 18.1 Å². The van der Waals surface area contributed by atoms with Gasteiger partial charge >= 0.3 is 14.2 Å². The molecule has 0 spiro atoms. The van der Waals surface area contributed by atoms with Crippen molar-refractivity contribution < 1.29 is 85.8 Å². The topological polar surface area (TPSA) is 212 Å². The minimum Gasteiger partial charge on any atom is -0.507 e. The number of aliphatic hydroxyl groups excluding tert-OH is 1. The number of phenols is 1. The van der Waals surface area contributed by atoms with Crippen molar-refractivity contribution in [2.24, 2.45) is 0 Å². The van der Waals surface area contributed by atoms with Crippen LogP contribution in [-0.4, -0.2) is 133 Å². The van der Waals surface area contributed by atoms with Crippen LogP contribution in [-0.2, 0) is 53.6 Å². The van der Waals surface area contributed by atoms with Crippen molar-refractivity contribution in [3.8, 4) is 23.0 Å². The number of rotatable bonds is 15. The van der Waals surface area contributed by atoms with Crippen LogP contribution in [0.2, 0.25) is 0 Å². The van der Waals surface area contributed by atoms with E-state index in [2.05, 4.69) is 37.9 Å². The Morgan fingerprint density at radius 1 is 0.584 bits per heavy atom. The number of carbonyl (C=O) groups excluding carboxylic acids is 3. The number of halogens is 2. The van der Waals surface area contributed by atoms with Crippen molar-refractivity contribution in [3.63, 3.8) is 0 Å². The smallest absolute Gasteiger partial charge is 0.499 e. The number of aromatic hydroxyl groups is 1. The number of aliphatic hydroxyl groups is 1. The Balaban J connectivity index is 0.000000164. The molecule has 2 N–H and O–H groups in total. The molecule has 22 heteroatoms. The summed E-state index contributed by atoms with van der Waals surface area (Å²) in [5, 5.41) is 17.4. The fourth-order valence-corrected chi connectivity index (χ4v) is 9.05. The second-order valence-electron chi connectivity index (χ2n) is 19.1. The van der Waals surface area contributed by atoms with Crippen molar-refractivity contribution in [1.82, 2.24) is 0 Å². The highest BCUT2D eigenvalue weighted by atomic mass is 79.9. The maximum Gasteiger partial charge on any atom is 0.499 e. The number of phenolic OH excluding ortho intramolecular Hbond substituents is 1. The van der Waals surface area contributed by atoms with Gasteiger partial charge in [0.1, 0.15) is 35.9 Å². The Kier molecular flexibility index (Phi) is 25.8. The van der Waals surface area contributed by atoms with Crippen LogP contribution >= 0.6 is 31.9 Å². The summed E-state index contributed by atoms with van der Waals surface area (Å²) in [7, 11) is -0.879. The van der Waals surface area contributed by atoms with E-state index in [1.54, 1.807) is 48.5 Å². The summed E-state index contributed by atoms with van der Waals surface area (Å²) in [6.07, 6.45) is 11.2. The molecule has 6 aliphatic rings. The number of hydrogen-bond donors (Lipinski definition) is 2. The molecule has 418 valence electrons. The molecule has 4 aromatic carbocycles. The third kappa shape index (κ3) is 18.7. The number of aldehydes is 3. The van der Waals surface area contributed by atoms with Gasteiger partial charge in [0.2, 0.25) is 0 Å². The molecule has 4 fully saturated rings. The van der Waals surface area contributed by atoms with Crippen LogP contribution in [0.15, 0.2) is 81.7 Å². The van der Waals surface area contributed by atoms with Crippen molar-refractivity contribution in [3.05, 3.63) is 104 Å². The fourth-order valence-electron chi connectivity index (χ4n) is 8.22. The predicted octanol–water partition coefficient (Wildman–Crippen LogP) is 8.63. The van der Waals surface area contributed by atoms with Crippen molar-refractivity contribution in [2.45, 2.75) is 122 Å². The first-order valence-corrected chi connectivity index (χ1v) is 27.5. The standard InChI is InChI=1S/C19H27BO6.C13H15BrO4.C9H9BO3.C7H5BrO2.C7H14O3/c1-18(2)19(3,4)26-20(25-18)17-14(12-21)8-7-9-15(17)23-13-24-16-10-5-6-11-22-16;14-13-10(8-15)4-3-5-11(13)17-9-18-12-6-1-2-7-16-12;1-2-7-6-13-10-9(7)8(3-1)11-4-5-12-10;8-7-5(4-9)2-1-3-6(7)10;8-4-6-10-7-3-1-2-5-9-7/h7-9,12,16H,5-6,10-11,13H2,1-4H3;3-5,8,12H,1-2,6-7,9H2;1-3H,4-6H2;1-4,10H;7-8H,1-6H2. The van der Waals surface area contributed by atoms with Gasteiger partial charge in [-0.05, 0) is 147 Å². The molecule has 6 heterocycles. The maximum atomic E-state index is 11.6. The number of benzene rings is 4. The third-order valence-corrected chi connectivity index (χ3v) is 14.8. The van der Waals surface area contributed by atoms with Crippen LogP contribution in [0.25, 0.3) is 0 Å².